The van der Waals surface area contributed by atoms with Crippen LogP contribution in [-0.2, 0) is 22.9 Å². The van der Waals surface area contributed by atoms with E-state index in [0.717, 1.165) is 12.3 Å². The third-order valence-electron chi connectivity index (χ3n) is 3.10. The van der Waals surface area contributed by atoms with Gasteiger partial charge in [-0.15, -0.1) is 0 Å². The van der Waals surface area contributed by atoms with Gasteiger partial charge >= 0.3 is 21.3 Å². The van der Waals surface area contributed by atoms with Crippen LogP contribution in [0.15, 0.2) is 21.9 Å². The maximum Gasteiger partial charge on any atom is 0.470 e. The number of hydrogen-bond donors (Lipinski definition) is 6. The first-order valence-electron chi connectivity index (χ1n) is 6.46. The van der Waals surface area contributed by atoms with Crippen molar-refractivity contribution < 1.29 is 47.6 Å². The molecule has 2 rings (SSSR count). The van der Waals surface area contributed by atoms with Crippen molar-refractivity contribution in [2.24, 2.45) is 0 Å². The average molecular weight is 404 g/mol. The van der Waals surface area contributed by atoms with Crippen molar-refractivity contribution in [1.82, 2.24) is 9.55 Å². The zero-order valence-corrected chi connectivity index (χ0v) is 13.9. The lowest BCUT2D eigenvalue weighted by Gasteiger charge is -2.22. The number of aliphatic hydroxyl groups is 1. The Bertz CT molecular complexity index is 822. The van der Waals surface area contributed by atoms with Crippen molar-refractivity contribution in [1.29, 1.82) is 0 Å². The first kappa shape index (κ1) is 20.1. The average Bonchev–Trinajstić information content (AvgIpc) is 2.71. The molecular weight excluding hydrogens is 390 g/mol. The maximum atomic E-state index is 11.8. The second kappa shape index (κ2) is 7.21. The van der Waals surface area contributed by atoms with Crippen LogP contribution in [0.5, 0.6) is 0 Å². The van der Waals surface area contributed by atoms with Crippen molar-refractivity contribution in [3.05, 3.63) is 33.1 Å². The lowest BCUT2D eigenvalue weighted by Crippen LogP contribution is -2.38. The molecule has 2 heterocycles. The summed E-state index contributed by atoms with van der Waals surface area (Å²) in [4.78, 5) is 60.0. The fourth-order valence-electron chi connectivity index (χ4n) is 2.15. The Morgan fingerprint density at radius 1 is 1.20 bits per heavy atom. The lowest BCUT2D eigenvalue weighted by molar-refractivity contribution is -0.0536. The number of phosphoric ester groups is 2. The molecule has 1 aromatic heterocycles. The summed E-state index contributed by atoms with van der Waals surface area (Å²) in [5.74, 6) is 0. The van der Waals surface area contributed by atoms with E-state index in [4.69, 9.17) is 24.3 Å². The molecular formula is C9H14N2O12P2. The number of rotatable bonds is 6. The van der Waals surface area contributed by atoms with Gasteiger partial charge in [-0.3, -0.25) is 23.4 Å². The largest absolute Gasteiger partial charge is 0.470 e. The molecule has 0 aliphatic carbocycles. The topological polar surface area (TPSA) is 218 Å². The number of nitrogens with one attached hydrogen (secondary N) is 1. The Hall–Kier alpha value is -1.18. The van der Waals surface area contributed by atoms with Crippen molar-refractivity contribution >= 4 is 15.6 Å². The van der Waals surface area contributed by atoms with Crippen molar-refractivity contribution in [3.8, 4) is 0 Å². The van der Waals surface area contributed by atoms with Crippen molar-refractivity contribution in [2.45, 2.75) is 24.5 Å². The molecule has 1 aliphatic heterocycles. The van der Waals surface area contributed by atoms with Crippen LogP contribution < -0.4 is 11.2 Å². The molecule has 0 bridgehead atoms. The third-order valence-corrected chi connectivity index (χ3v) is 4.11. The number of aliphatic hydroxyl groups excluding tert-OH is 1. The molecule has 0 radical (unpaired) electrons. The van der Waals surface area contributed by atoms with Crippen LogP contribution in [0.25, 0.3) is 0 Å². The Balaban J connectivity index is 2.34. The summed E-state index contributed by atoms with van der Waals surface area (Å²) in [6.45, 7) is -0.860. The van der Waals surface area contributed by atoms with Gasteiger partial charge in [-0.25, -0.2) is 13.9 Å². The molecule has 16 heteroatoms. The minimum Gasteiger partial charge on any atom is -0.387 e. The van der Waals surface area contributed by atoms with E-state index in [1.54, 1.807) is 0 Å². The van der Waals surface area contributed by atoms with E-state index in [9.17, 15) is 23.8 Å². The predicted octanol–water partition coefficient (Wildman–Crippen LogP) is -2.62. The third kappa shape index (κ3) is 5.39. The van der Waals surface area contributed by atoms with E-state index in [2.05, 4.69) is 9.05 Å². The second-order valence-electron chi connectivity index (χ2n) is 4.92. The zero-order chi connectivity index (χ0) is 19.0. The monoisotopic (exact) mass is 404 g/mol. The highest BCUT2D eigenvalue weighted by molar-refractivity contribution is 7.46. The molecule has 0 saturated carbocycles. The van der Waals surface area contributed by atoms with Gasteiger partial charge in [-0.05, 0) is 0 Å². The zero-order valence-electron chi connectivity index (χ0n) is 12.1. The van der Waals surface area contributed by atoms with E-state index in [1.165, 1.54) is 0 Å². The molecule has 25 heavy (non-hydrogen) atoms. The molecule has 1 aromatic rings. The molecule has 1 fully saturated rings. The van der Waals surface area contributed by atoms with Crippen LogP contribution in [0.1, 0.15) is 6.23 Å². The van der Waals surface area contributed by atoms with Gasteiger partial charge in [0.25, 0.3) is 5.56 Å². The van der Waals surface area contributed by atoms with E-state index in [-0.39, 0.29) is 0 Å². The summed E-state index contributed by atoms with van der Waals surface area (Å²) >= 11 is 0. The highest BCUT2D eigenvalue weighted by Gasteiger charge is 2.49. The smallest absolute Gasteiger partial charge is 0.387 e. The van der Waals surface area contributed by atoms with Gasteiger partial charge in [0, 0.05) is 12.3 Å². The quantitative estimate of drug-likeness (QED) is 0.269. The molecule has 1 aliphatic rings. The first-order valence-corrected chi connectivity index (χ1v) is 9.52. The first-order chi connectivity index (χ1) is 11.4. The van der Waals surface area contributed by atoms with Crippen LogP contribution in [0.3, 0.4) is 0 Å². The fraction of sp³-hybridized carbons (Fsp3) is 0.556. The standard InChI is InChI=1S/C9H14N2O12P2/c12-5-1-2-11(9(14)10-5)8-7(23-25(18,19)20)6(13)4(22-8)3-21-24(15,16)17/h1-2,4,6-8,13H,3H2,(H,10,12,14)(H2,15,16,17)(H2,18,19,20)/t4-,6-,7-,8-/m1/s1. The van der Waals surface area contributed by atoms with Gasteiger partial charge < -0.3 is 29.4 Å². The van der Waals surface area contributed by atoms with E-state index < -0.39 is 58.0 Å². The maximum absolute atomic E-state index is 11.8. The van der Waals surface area contributed by atoms with Gasteiger partial charge in [0.1, 0.15) is 18.3 Å². The molecule has 0 spiro atoms. The summed E-state index contributed by atoms with van der Waals surface area (Å²) < 4.78 is 36.3. The Morgan fingerprint density at radius 3 is 2.36 bits per heavy atom. The number of H-pyrrole nitrogens is 1. The minimum atomic E-state index is -5.13. The van der Waals surface area contributed by atoms with Gasteiger partial charge in [-0.1, -0.05) is 0 Å². The molecule has 0 amide bonds. The summed E-state index contributed by atoms with van der Waals surface area (Å²) in [6, 6.07) is 0.908. The molecule has 14 nitrogen and oxygen atoms in total. The number of hydrogen-bond acceptors (Lipinski definition) is 8. The summed E-state index contributed by atoms with van der Waals surface area (Å²) in [7, 11) is -10.0. The van der Waals surface area contributed by atoms with Crippen LogP contribution in [0, 0.1) is 0 Å². The Morgan fingerprint density at radius 2 is 1.84 bits per heavy atom. The number of nitrogens with zero attached hydrogens (tertiary/aromatic N) is 1. The molecule has 142 valence electrons. The fourth-order valence-corrected chi connectivity index (χ4v) is 3.04. The SMILES string of the molecule is O=c1ccn([C@@H]2O[C@H](COP(=O)(O)O)[C@@H](O)[C@H]2OP(=O)(O)O)c(=O)[nH]1. The van der Waals surface area contributed by atoms with E-state index in [1.807, 2.05) is 4.98 Å². The van der Waals surface area contributed by atoms with Gasteiger partial charge in [0.2, 0.25) is 0 Å². The predicted molar refractivity (Wildman–Crippen MR) is 76.2 cm³/mol. The number of aromatic nitrogens is 2. The lowest BCUT2D eigenvalue weighted by atomic mass is 10.1. The normalized spacial score (nSPS) is 27.6. The number of ether oxygens (including phenoxy) is 1. The van der Waals surface area contributed by atoms with Crippen LogP contribution in [0.4, 0.5) is 0 Å². The number of phosphoric acid groups is 2. The molecule has 6 N–H and O–H groups in total. The van der Waals surface area contributed by atoms with Crippen LogP contribution in [-0.4, -0.2) is 59.2 Å². The van der Waals surface area contributed by atoms with Crippen LogP contribution in [0.2, 0.25) is 0 Å². The second-order valence-corrected chi connectivity index (χ2v) is 7.35. The molecule has 1 saturated heterocycles. The van der Waals surface area contributed by atoms with E-state index >= 15 is 0 Å². The highest BCUT2D eigenvalue weighted by Crippen LogP contribution is 2.45. The minimum absolute atomic E-state index is 0.683. The van der Waals surface area contributed by atoms with Crippen molar-refractivity contribution in [2.75, 3.05) is 6.61 Å². The Labute approximate surface area is 138 Å². The van der Waals surface area contributed by atoms with Crippen molar-refractivity contribution in [3.63, 3.8) is 0 Å². The van der Waals surface area contributed by atoms with Gasteiger partial charge in [-0.2, -0.15) is 0 Å². The van der Waals surface area contributed by atoms with E-state index in [0.29, 0.717) is 4.57 Å². The van der Waals surface area contributed by atoms with Crippen LogP contribution >= 0.6 is 15.6 Å². The number of aromatic amines is 1. The molecule has 4 atom stereocenters. The van der Waals surface area contributed by atoms with Gasteiger partial charge in [0.05, 0.1) is 6.61 Å². The highest BCUT2D eigenvalue weighted by atomic mass is 31.2. The Kier molecular flexibility index (Phi) is 5.81. The van der Waals surface area contributed by atoms with Gasteiger partial charge in [0.15, 0.2) is 6.23 Å². The summed E-state index contributed by atoms with van der Waals surface area (Å²) in [5, 5.41) is 10.1. The molecule has 0 aromatic carbocycles. The summed E-state index contributed by atoms with van der Waals surface area (Å²) in [6.07, 6.45) is -5.79. The summed E-state index contributed by atoms with van der Waals surface area (Å²) in [5.41, 5.74) is -1.78. The molecule has 0 unspecified atom stereocenters.